The Morgan fingerprint density at radius 3 is 2.50 bits per heavy atom. The number of nitrogens with one attached hydrogen (secondary N) is 1. The monoisotopic (exact) mass is 422 g/mol. The van der Waals surface area contributed by atoms with E-state index in [0.29, 0.717) is 12.1 Å². The van der Waals surface area contributed by atoms with Gasteiger partial charge in [-0.05, 0) is 80.2 Å². The van der Waals surface area contributed by atoms with E-state index in [1.165, 1.54) is 48.0 Å². The number of aromatic nitrogens is 2. The van der Waals surface area contributed by atoms with Crippen LogP contribution in [0.3, 0.4) is 0 Å². The highest BCUT2D eigenvalue weighted by atomic mass is 15.2. The van der Waals surface area contributed by atoms with Crippen LogP contribution in [0.1, 0.15) is 25.3 Å². The third-order valence-electron chi connectivity index (χ3n) is 7.56. The van der Waals surface area contributed by atoms with Gasteiger partial charge in [-0.3, -0.25) is 4.90 Å². The Morgan fingerprint density at radius 1 is 0.938 bits per heavy atom. The highest BCUT2D eigenvalue weighted by Gasteiger charge is 2.39. The summed E-state index contributed by atoms with van der Waals surface area (Å²) in [4.78, 5) is 7.39. The maximum Gasteiger partial charge on any atom is 0.126 e. The number of anilines is 1. The van der Waals surface area contributed by atoms with Crippen molar-refractivity contribution in [2.75, 3.05) is 18.4 Å². The molecule has 4 aromatic rings. The van der Waals surface area contributed by atoms with Gasteiger partial charge in [-0.1, -0.05) is 36.4 Å². The van der Waals surface area contributed by atoms with E-state index in [0.717, 1.165) is 23.8 Å². The van der Waals surface area contributed by atoms with E-state index >= 15 is 0 Å². The van der Waals surface area contributed by atoms with Crippen LogP contribution in [0.2, 0.25) is 0 Å². The van der Waals surface area contributed by atoms with E-state index in [1.807, 2.05) is 6.20 Å². The molecule has 0 amide bonds. The first-order valence-electron chi connectivity index (χ1n) is 11.8. The zero-order chi connectivity index (χ0) is 21.5. The van der Waals surface area contributed by atoms with Crippen LogP contribution in [0.25, 0.3) is 22.0 Å². The Kier molecular flexibility index (Phi) is 4.95. The van der Waals surface area contributed by atoms with Crippen LogP contribution in [0.15, 0.2) is 79.1 Å². The van der Waals surface area contributed by atoms with Gasteiger partial charge in [0.25, 0.3) is 0 Å². The van der Waals surface area contributed by atoms with Gasteiger partial charge in [0.2, 0.25) is 0 Å². The van der Waals surface area contributed by atoms with Crippen molar-refractivity contribution in [3.05, 3.63) is 84.7 Å². The number of hydrogen-bond acceptors (Lipinski definition) is 3. The highest BCUT2D eigenvalue weighted by molar-refractivity contribution is 5.85. The molecule has 0 saturated carbocycles. The van der Waals surface area contributed by atoms with Crippen molar-refractivity contribution in [2.24, 2.45) is 5.92 Å². The summed E-state index contributed by atoms with van der Waals surface area (Å²) in [6, 6.07) is 25.0. The molecule has 4 heteroatoms. The van der Waals surface area contributed by atoms with E-state index in [4.69, 9.17) is 4.98 Å². The minimum atomic E-state index is 0.511. The highest BCUT2D eigenvalue weighted by Crippen LogP contribution is 2.34. The number of rotatable bonds is 5. The standard InChI is InChI=1S/C28H30N4/c1-20-28(22-11-14-31(20)15-12-22)30-27-10-8-25(18-29-27)23-7-9-26-24(17-23)13-16-32(26)19-21-5-3-2-4-6-21/h2-10,13,16-18,20,22,28H,11-12,14-15,19H2,1H3,(H,29,30)/t20-,28-/m1/s1. The Bertz CT molecular complexity index is 1200. The van der Waals surface area contributed by atoms with Crippen molar-refractivity contribution in [1.82, 2.24) is 14.5 Å². The van der Waals surface area contributed by atoms with Crippen LogP contribution in [0.4, 0.5) is 5.82 Å². The first-order valence-corrected chi connectivity index (χ1v) is 11.8. The first kappa shape index (κ1) is 19.6. The summed E-state index contributed by atoms with van der Waals surface area (Å²) in [5, 5.41) is 5.01. The van der Waals surface area contributed by atoms with Crippen molar-refractivity contribution in [1.29, 1.82) is 0 Å². The molecule has 3 aliphatic heterocycles. The molecule has 2 bridgehead atoms. The van der Waals surface area contributed by atoms with Gasteiger partial charge < -0.3 is 9.88 Å². The largest absolute Gasteiger partial charge is 0.365 e. The number of nitrogens with zero attached hydrogens (tertiary/aromatic N) is 3. The molecule has 5 heterocycles. The number of benzene rings is 2. The predicted octanol–water partition coefficient (Wildman–Crippen LogP) is 5.65. The van der Waals surface area contributed by atoms with Crippen LogP contribution in [0, 0.1) is 5.92 Å². The lowest BCUT2D eigenvalue weighted by atomic mass is 9.79. The molecular formula is C28H30N4. The second-order valence-electron chi connectivity index (χ2n) is 9.42. The van der Waals surface area contributed by atoms with Crippen molar-refractivity contribution >= 4 is 16.7 Å². The molecule has 2 atom stereocenters. The Hall–Kier alpha value is -3.11. The molecule has 0 spiro atoms. The zero-order valence-electron chi connectivity index (χ0n) is 18.6. The summed E-state index contributed by atoms with van der Waals surface area (Å²) < 4.78 is 2.31. The third kappa shape index (κ3) is 3.59. The lowest BCUT2D eigenvalue weighted by Crippen LogP contribution is -2.59. The summed E-state index contributed by atoms with van der Waals surface area (Å²) >= 11 is 0. The predicted molar refractivity (Wildman–Crippen MR) is 132 cm³/mol. The molecule has 162 valence electrons. The van der Waals surface area contributed by atoms with E-state index < -0.39 is 0 Å². The topological polar surface area (TPSA) is 33.1 Å². The number of pyridine rings is 1. The number of piperidine rings is 3. The fraction of sp³-hybridized carbons (Fsp3) is 0.321. The molecular weight excluding hydrogens is 392 g/mol. The molecule has 0 radical (unpaired) electrons. The second kappa shape index (κ2) is 8.10. The van der Waals surface area contributed by atoms with Crippen LogP contribution in [-0.4, -0.2) is 39.6 Å². The second-order valence-corrected chi connectivity index (χ2v) is 9.42. The van der Waals surface area contributed by atoms with Gasteiger partial charge in [0.05, 0.1) is 0 Å². The van der Waals surface area contributed by atoms with Crippen molar-refractivity contribution in [3.63, 3.8) is 0 Å². The van der Waals surface area contributed by atoms with Crippen LogP contribution in [0.5, 0.6) is 0 Å². The number of hydrogen-bond donors (Lipinski definition) is 1. The molecule has 7 rings (SSSR count). The van der Waals surface area contributed by atoms with E-state index in [-0.39, 0.29) is 0 Å². The molecule has 1 N–H and O–H groups in total. The molecule has 32 heavy (non-hydrogen) atoms. The minimum absolute atomic E-state index is 0.511. The van der Waals surface area contributed by atoms with Crippen LogP contribution in [-0.2, 0) is 6.54 Å². The van der Waals surface area contributed by atoms with Gasteiger partial charge in [0.15, 0.2) is 0 Å². The molecule has 3 saturated heterocycles. The zero-order valence-corrected chi connectivity index (χ0v) is 18.6. The fourth-order valence-corrected chi connectivity index (χ4v) is 5.66. The smallest absolute Gasteiger partial charge is 0.126 e. The van der Waals surface area contributed by atoms with E-state index in [9.17, 15) is 0 Å². The van der Waals surface area contributed by atoms with Gasteiger partial charge in [-0.2, -0.15) is 0 Å². The summed E-state index contributed by atoms with van der Waals surface area (Å²) in [6.07, 6.45) is 6.81. The molecule has 2 aromatic heterocycles. The van der Waals surface area contributed by atoms with Gasteiger partial charge in [0.1, 0.15) is 5.82 Å². The third-order valence-corrected chi connectivity index (χ3v) is 7.56. The van der Waals surface area contributed by atoms with Crippen LogP contribution < -0.4 is 5.32 Å². The summed E-state index contributed by atoms with van der Waals surface area (Å²) in [7, 11) is 0. The maximum absolute atomic E-state index is 4.77. The minimum Gasteiger partial charge on any atom is -0.365 e. The average Bonchev–Trinajstić information content (AvgIpc) is 3.24. The SMILES string of the molecule is C[C@@H]1[C@@H](Nc2ccc(-c3ccc4c(ccn4Cc4ccccc4)c3)cn2)C2CCN1CC2. The van der Waals surface area contributed by atoms with Crippen molar-refractivity contribution < 1.29 is 0 Å². The molecule has 3 aliphatic rings. The average molecular weight is 423 g/mol. The van der Waals surface area contributed by atoms with Gasteiger partial charge >= 0.3 is 0 Å². The Labute approximate surface area is 189 Å². The molecule has 3 fully saturated rings. The van der Waals surface area contributed by atoms with E-state index in [1.54, 1.807) is 0 Å². The van der Waals surface area contributed by atoms with Crippen LogP contribution >= 0.6 is 0 Å². The van der Waals surface area contributed by atoms with Crippen molar-refractivity contribution in [3.8, 4) is 11.1 Å². The first-order chi connectivity index (χ1) is 15.7. The molecule has 2 aromatic carbocycles. The van der Waals surface area contributed by atoms with E-state index in [2.05, 4.69) is 94.6 Å². The Morgan fingerprint density at radius 2 is 1.75 bits per heavy atom. The quantitative estimate of drug-likeness (QED) is 0.451. The summed E-state index contributed by atoms with van der Waals surface area (Å²) in [5.41, 5.74) is 4.96. The maximum atomic E-state index is 4.77. The van der Waals surface area contributed by atoms with Gasteiger partial charge in [-0.15, -0.1) is 0 Å². The van der Waals surface area contributed by atoms with Crippen molar-refractivity contribution in [2.45, 2.75) is 38.4 Å². The fourth-order valence-electron chi connectivity index (χ4n) is 5.66. The lowest BCUT2D eigenvalue weighted by molar-refractivity contribution is 0.0457. The van der Waals surface area contributed by atoms with Gasteiger partial charge in [-0.25, -0.2) is 4.98 Å². The molecule has 0 unspecified atom stereocenters. The normalized spacial score (nSPS) is 24.7. The van der Waals surface area contributed by atoms with Gasteiger partial charge in [0, 0.05) is 47.5 Å². The summed E-state index contributed by atoms with van der Waals surface area (Å²) in [5.74, 6) is 1.77. The lowest BCUT2D eigenvalue weighted by Gasteiger charge is -2.50. The number of fused-ring (bicyclic) bond motifs is 4. The molecule has 4 nitrogen and oxygen atoms in total. The Balaban J connectivity index is 1.20. The molecule has 0 aliphatic carbocycles. The summed E-state index contributed by atoms with van der Waals surface area (Å²) in [6.45, 7) is 5.76.